The number of nitrogens with zero attached hydrogens (tertiary/aromatic N) is 3. The van der Waals surface area contributed by atoms with Crippen LogP contribution in [0.4, 0.5) is 4.79 Å². The van der Waals surface area contributed by atoms with E-state index in [2.05, 4.69) is 5.32 Å². The van der Waals surface area contributed by atoms with Crippen LogP contribution in [0.15, 0.2) is 29.2 Å². The molecule has 0 saturated carbocycles. The van der Waals surface area contributed by atoms with E-state index in [1.807, 2.05) is 24.8 Å². The van der Waals surface area contributed by atoms with Crippen molar-refractivity contribution in [3.8, 4) is 0 Å². The number of carbonyl (C=O) groups is 2. The SMILES string of the molecule is CCN(CC)C(=O)[C@@H]1CCCN(C(=O)NCCCn2ccccc2=O)C1. The molecule has 2 heterocycles. The van der Waals surface area contributed by atoms with Gasteiger partial charge in [0.1, 0.15) is 0 Å². The lowest BCUT2D eigenvalue weighted by Gasteiger charge is -2.34. The van der Waals surface area contributed by atoms with E-state index in [0.29, 0.717) is 45.7 Å². The van der Waals surface area contributed by atoms with Crippen molar-refractivity contribution in [3.63, 3.8) is 0 Å². The molecule has 0 spiro atoms. The molecular weight excluding hydrogens is 332 g/mol. The molecule has 0 unspecified atom stereocenters. The maximum Gasteiger partial charge on any atom is 0.317 e. The highest BCUT2D eigenvalue weighted by Crippen LogP contribution is 2.19. The lowest BCUT2D eigenvalue weighted by molar-refractivity contribution is -0.136. The number of urea groups is 1. The third-order valence-electron chi connectivity index (χ3n) is 4.88. The number of likely N-dealkylation sites (tertiary alicyclic amines) is 1. The number of amides is 3. The fraction of sp³-hybridized carbons (Fsp3) is 0.632. The summed E-state index contributed by atoms with van der Waals surface area (Å²) in [4.78, 5) is 40.1. The Morgan fingerprint density at radius 3 is 2.73 bits per heavy atom. The normalized spacial score (nSPS) is 17.0. The summed E-state index contributed by atoms with van der Waals surface area (Å²) in [6.07, 6.45) is 4.13. The fourth-order valence-corrected chi connectivity index (χ4v) is 3.36. The molecule has 0 bridgehead atoms. The zero-order valence-electron chi connectivity index (χ0n) is 15.8. The maximum atomic E-state index is 12.5. The first kappa shape index (κ1) is 20.0. The van der Waals surface area contributed by atoms with E-state index in [1.165, 1.54) is 6.07 Å². The highest BCUT2D eigenvalue weighted by atomic mass is 16.2. The number of hydrogen-bond acceptors (Lipinski definition) is 3. The summed E-state index contributed by atoms with van der Waals surface area (Å²) in [6, 6.07) is 4.94. The molecule has 1 aromatic heterocycles. The zero-order valence-corrected chi connectivity index (χ0v) is 15.8. The molecule has 7 heteroatoms. The second-order valence-electron chi connectivity index (χ2n) is 6.61. The smallest absolute Gasteiger partial charge is 0.317 e. The van der Waals surface area contributed by atoms with Crippen molar-refractivity contribution >= 4 is 11.9 Å². The summed E-state index contributed by atoms with van der Waals surface area (Å²) in [6.45, 7) is 7.62. The van der Waals surface area contributed by atoms with Gasteiger partial charge in [0.2, 0.25) is 11.5 Å². The predicted octanol–water partition coefficient (Wildman–Crippen LogP) is 1.53. The number of hydrogen-bond donors (Lipinski definition) is 1. The van der Waals surface area contributed by atoms with Crippen molar-refractivity contribution in [1.82, 2.24) is 19.7 Å². The predicted molar refractivity (Wildman–Crippen MR) is 101 cm³/mol. The average Bonchev–Trinajstić information content (AvgIpc) is 2.67. The molecule has 0 aromatic carbocycles. The first-order chi connectivity index (χ1) is 12.6. The van der Waals surface area contributed by atoms with Gasteiger partial charge in [-0.25, -0.2) is 4.79 Å². The van der Waals surface area contributed by atoms with Gasteiger partial charge in [-0.1, -0.05) is 6.07 Å². The Kier molecular flexibility index (Phi) is 7.69. The van der Waals surface area contributed by atoms with Gasteiger partial charge in [-0.2, -0.15) is 0 Å². The van der Waals surface area contributed by atoms with Crippen molar-refractivity contribution in [2.45, 2.75) is 39.7 Å². The Hall–Kier alpha value is -2.31. The quantitative estimate of drug-likeness (QED) is 0.748. The summed E-state index contributed by atoms with van der Waals surface area (Å²) in [5.41, 5.74) is -0.0346. The fourth-order valence-electron chi connectivity index (χ4n) is 3.36. The molecule has 2 rings (SSSR count). The molecule has 144 valence electrons. The van der Waals surface area contributed by atoms with Crippen molar-refractivity contribution in [3.05, 3.63) is 34.7 Å². The van der Waals surface area contributed by atoms with Gasteiger partial charge in [-0.3, -0.25) is 9.59 Å². The van der Waals surface area contributed by atoms with Crippen molar-refractivity contribution in [2.75, 3.05) is 32.7 Å². The monoisotopic (exact) mass is 362 g/mol. The number of piperidine rings is 1. The Labute approximate surface area is 155 Å². The first-order valence-electron chi connectivity index (χ1n) is 9.53. The molecule has 1 aliphatic rings. The molecule has 1 atom stereocenters. The summed E-state index contributed by atoms with van der Waals surface area (Å²) >= 11 is 0. The van der Waals surface area contributed by atoms with Crippen LogP contribution in [0, 0.1) is 5.92 Å². The van der Waals surface area contributed by atoms with Crippen LogP contribution >= 0.6 is 0 Å². The third kappa shape index (κ3) is 5.34. The Bertz CT molecular complexity index is 654. The first-order valence-corrected chi connectivity index (χ1v) is 9.53. The molecule has 1 aromatic rings. The Morgan fingerprint density at radius 1 is 1.27 bits per heavy atom. The highest BCUT2D eigenvalue weighted by Gasteiger charge is 2.30. The van der Waals surface area contributed by atoms with E-state index >= 15 is 0 Å². The zero-order chi connectivity index (χ0) is 18.9. The molecule has 3 amide bonds. The number of aryl methyl sites for hydroxylation is 1. The van der Waals surface area contributed by atoms with E-state index in [-0.39, 0.29) is 23.4 Å². The van der Waals surface area contributed by atoms with Crippen molar-refractivity contribution in [1.29, 1.82) is 0 Å². The number of aromatic nitrogens is 1. The molecule has 0 aliphatic carbocycles. The Morgan fingerprint density at radius 2 is 2.04 bits per heavy atom. The van der Waals surface area contributed by atoms with Gasteiger partial charge in [0.15, 0.2) is 0 Å². The lowest BCUT2D eigenvalue weighted by Crippen LogP contribution is -2.49. The van der Waals surface area contributed by atoms with Crippen LogP contribution < -0.4 is 10.9 Å². The van der Waals surface area contributed by atoms with E-state index in [4.69, 9.17) is 0 Å². The van der Waals surface area contributed by atoms with E-state index < -0.39 is 0 Å². The summed E-state index contributed by atoms with van der Waals surface area (Å²) in [7, 11) is 0. The third-order valence-corrected chi connectivity index (χ3v) is 4.88. The molecular formula is C19H30N4O3. The van der Waals surface area contributed by atoms with Gasteiger partial charge < -0.3 is 19.7 Å². The van der Waals surface area contributed by atoms with Crippen LogP contribution in [0.1, 0.15) is 33.1 Å². The summed E-state index contributed by atoms with van der Waals surface area (Å²) in [5.74, 6) is 0.0493. The van der Waals surface area contributed by atoms with Crippen LogP contribution in [0.2, 0.25) is 0 Å². The molecule has 1 N–H and O–H groups in total. The molecule has 0 radical (unpaired) electrons. The molecule has 1 fully saturated rings. The van der Waals surface area contributed by atoms with Gasteiger partial charge in [0, 0.05) is 51.5 Å². The minimum atomic E-state index is -0.123. The van der Waals surface area contributed by atoms with E-state index in [1.54, 1.807) is 21.7 Å². The molecule has 1 saturated heterocycles. The topological polar surface area (TPSA) is 74.7 Å². The van der Waals surface area contributed by atoms with Crippen molar-refractivity contribution < 1.29 is 9.59 Å². The van der Waals surface area contributed by atoms with Gasteiger partial charge in [0.05, 0.1) is 5.92 Å². The summed E-state index contributed by atoms with van der Waals surface area (Å²) < 4.78 is 1.63. The van der Waals surface area contributed by atoms with Gasteiger partial charge in [-0.15, -0.1) is 0 Å². The summed E-state index contributed by atoms with van der Waals surface area (Å²) in [5, 5.41) is 2.91. The van der Waals surface area contributed by atoms with Crippen LogP contribution in [-0.2, 0) is 11.3 Å². The maximum absolute atomic E-state index is 12.5. The molecule has 7 nitrogen and oxygen atoms in total. The standard InChI is InChI=1S/C19H30N4O3/c1-3-21(4-2)18(25)16-9-7-13-23(15-16)19(26)20-11-8-14-22-12-6-5-10-17(22)24/h5-6,10,12,16H,3-4,7-9,11,13-15H2,1-2H3,(H,20,26)/t16-/m1/s1. The van der Waals surface area contributed by atoms with Gasteiger partial charge in [-0.05, 0) is 39.2 Å². The van der Waals surface area contributed by atoms with Crippen LogP contribution in [0.3, 0.4) is 0 Å². The van der Waals surface area contributed by atoms with Gasteiger partial charge >= 0.3 is 6.03 Å². The largest absolute Gasteiger partial charge is 0.343 e. The van der Waals surface area contributed by atoms with Crippen LogP contribution in [0.25, 0.3) is 0 Å². The van der Waals surface area contributed by atoms with E-state index in [9.17, 15) is 14.4 Å². The van der Waals surface area contributed by atoms with E-state index in [0.717, 1.165) is 12.8 Å². The lowest BCUT2D eigenvalue weighted by atomic mass is 9.96. The Balaban J connectivity index is 1.77. The average molecular weight is 362 g/mol. The number of pyridine rings is 1. The minimum absolute atomic E-state index is 0.0346. The highest BCUT2D eigenvalue weighted by molar-refractivity contribution is 5.81. The second-order valence-corrected chi connectivity index (χ2v) is 6.61. The molecule has 26 heavy (non-hydrogen) atoms. The van der Waals surface area contributed by atoms with Crippen molar-refractivity contribution in [2.24, 2.45) is 5.92 Å². The number of rotatable bonds is 7. The number of nitrogens with one attached hydrogen (secondary N) is 1. The number of carbonyl (C=O) groups excluding carboxylic acids is 2. The molecule has 1 aliphatic heterocycles. The minimum Gasteiger partial charge on any atom is -0.343 e. The second kappa shape index (κ2) is 9.99. The van der Waals surface area contributed by atoms with Crippen LogP contribution in [0.5, 0.6) is 0 Å². The van der Waals surface area contributed by atoms with Crippen LogP contribution in [-0.4, -0.2) is 59.0 Å². The van der Waals surface area contributed by atoms with Gasteiger partial charge in [0.25, 0.3) is 0 Å².